The Morgan fingerprint density at radius 1 is 1.24 bits per heavy atom. The Hall–Kier alpha value is -1.46. The van der Waals surface area contributed by atoms with Crippen LogP contribution >= 0.6 is 12.4 Å². The second-order valence-electron chi connectivity index (χ2n) is 4.61. The van der Waals surface area contributed by atoms with E-state index in [2.05, 4.69) is 24.1 Å². The van der Waals surface area contributed by atoms with E-state index < -0.39 is 0 Å². The second kappa shape index (κ2) is 8.74. The van der Waals surface area contributed by atoms with Gasteiger partial charge in [-0.25, -0.2) is 0 Å². The molecule has 0 fully saturated rings. The molecule has 1 aliphatic rings. The van der Waals surface area contributed by atoms with Gasteiger partial charge in [-0.1, -0.05) is 19.9 Å². The molecule has 1 N–H and O–H groups in total. The molecule has 0 saturated carbocycles. The van der Waals surface area contributed by atoms with E-state index in [-0.39, 0.29) is 18.3 Å². The van der Waals surface area contributed by atoms with Crippen molar-refractivity contribution in [2.24, 2.45) is 0 Å². The molecule has 21 heavy (non-hydrogen) atoms. The van der Waals surface area contributed by atoms with Crippen LogP contribution in [-0.2, 0) is 0 Å². The lowest BCUT2D eigenvalue weighted by Crippen LogP contribution is -2.35. The van der Waals surface area contributed by atoms with Gasteiger partial charge in [-0.2, -0.15) is 0 Å². The summed E-state index contributed by atoms with van der Waals surface area (Å²) in [6.07, 6.45) is 0. The highest BCUT2D eigenvalue weighted by atomic mass is 35.5. The lowest BCUT2D eigenvalue weighted by atomic mass is 10.1. The third kappa shape index (κ3) is 4.51. The van der Waals surface area contributed by atoms with Crippen LogP contribution in [0.4, 0.5) is 0 Å². The smallest absolute Gasteiger partial charge is 0.255 e. The van der Waals surface area contributed by atoms with Crippen LogP contribution in [0.2, 0.25) is 0 Å². The van der Waals surface area contributed by atoms with Crippen molar-refractivity contribution in [1.82, 2.24) is 10.2 Å². The van der Waals surface area contributed by atoms with Crippen molar-refractivity contribution < 1.29 is 14.3 Å². The minimum absolute atomic E-state index is 0. The molecular formula is C15H23ClN2O3. The number of nitrogens with one attached hydrogen (secondary N) is 1. The summed E-state index contributed by atoms with van der Waals surface area (Å²) in [4.78, 5) is 14.5. The molecule has 6 heteroatoms. The molecule has 1 amide bonds. The zero-order valence-corrected chi connectivity index (χ0v) is 13.4. The summed E-state index contributed by atoms with van der Waals surface area (Å²) in [5.74, 6) is 1.09. The van der Waals surface area contributed by atoms with Crippen molar-refractivity contribution in [1.29, 1.82) is 0 Å². The van der Waals surface area contributed by atoms with E-state index in [9.17, 15) is 4.79 Å². The first-order valence-corrected chi connectivity index (χ1v) is 7.15. The average Bonchev–Trinajstić information content (AvgIpc) is 2.51. The summed E-state index contributed by atoms with van der Waals surface area (Å²) >= 11 is 0. The van der Waals surface area contributed by atoms with E-state index in [1.54, 1.807) is 6.07 Å². The number of amides is 1. The number of nitrogens with zero attached hydrogens (tertiary/aromatic N) is 1. The van der Waals surface area contributed by atoms with Crippen LogP contribution in [0.3, 0.4) is 0 Å². The number of ether oxygens (including phenoxy) is 2. The average molecular weight is 315 g/mol. The normalized spacial score (nSPS) is 12.7. The molecule has 0 unspecified atom stereocenters. The van der Waals surface area contributed by atoms with Crippen LogP contribution in [0.1, 0.15) is 24.2 Å². The minimum atomic E-state index is -0.112. The number of halogens is 1. The van der Waals surface area contributed by atoms with Gasteiger partial charge in [0.25, 0.3) is 5.91 Å². The summed E-state index contributed by atoms with van der Waals surface area (Å²) in [6, 6.07) is 5.40. The molecule has 1 heterocycles. The summed E-state index contributed by atoms with van der Waals surface area (Å²) in [7, 11) is 0. The van der Waals surface area contributed by atoms with Crippen molar-refractivity contribution >= 4 is 18.3 Å². The fraction of sp³-hybridized carbons (Fsp3) is 0.533. The largest absolute Gasteiger partial charge is 0.486 e. The summed E-state index contributed by atoms with van der Waals surface area (Å²) in [6.45, 7) is 8.70. The lowest BCUT2D eigenvalue weighted by Gasteiger charge is -2.21. The minimum Gasteiger partial charge on any atom is -0.486 e. The number of carbonyl (C=O) groups excluding carboxylic acids is 1. The van der Waals surface area contributed by atoms with Gasteiger partial charge in [0.2, 0.25) is 0 Å². The monoisotopic (exact) mass is 314 g/mol. The molecule has 2 rings (SSSR count). The van der Waals surface area contributed by atoms with Gasteiger partial charge in [0.1, 0.15) is 13.2 Å². The molecule has 1 aliphatic heterocycles. The van der Waals surface area contributed by atoms with Gasteiger partial charge in [0.05, 0.1) is 5.56 Å². The summed E-state index contributed by atoms with van der Waals surface area (Å²) < 4.78 is 11.0. The first-order chi connectivity index (χ1) is 9.76. The Kier molecular flexibility index (Phi) is 7.32. The zero-order valence-electron chi connectivity index (χ0n) is 12.6. The molecule has 0 saturated heterocycles. The maximum atomic E-state index is 12.2. The molecule has 5 nitrogen and oxygen atoms in total. The van der Waals surface area contributed by atoms with Crippen LogP contribution in [0.5, 0.6) is 11.5 Å². The molecule has 0 atom stereocenters. The van der Waals surface area contributed by atoms with Gasteiger partial charge in [0, 0.05) is 13.1 Å². The Bertz CT molecular complexity index is 464. The number of para-hydroxylation sites is 1. The van der Waals surface area contributed by atoms with E-state index in [0.29, 0.717) is 36.8 Å². The lowest BCUT2D eigenvalue weighted by molar-refractivity contribution is 0.0938. The highest BCUT2D eigenvalue weighted by Crippen LogP contribution is 2.33. The molecule has 0 spiro atoms. The third-order valence-corrected chi connectivity index (χ3v) is 3.42. The fourth-order valence-corrected chi connectivity index (χ4v) is 2.22. The molecule has 0 radical (unpaired) electrons. The highest BCUT2D eigenvalue weighted by Gasteiger charge is 2.19. The van der Waals surface area contributed by atoms with Crippen molar-refractivity contribution in [3.63, 3.8) is 0 Å². The third-order valence-electron chi connectivity index (χ3n) is 3.42. The summed E-state index contributed by atoms with van der Waals surface area (Å²) in [5.41, 5.74) is 0.543. The first kappa shape index (κ1) is 17.6. The first-order valence-electron chi connectivity index (χ1n) is 7.15. The molecular weight excluding hydrogens is 292 g/mol. The number of hydrogen-bond donors (Lipinski definition) is 1. The van der Waals surface area contributed by atoms with Gasteiger partial charge in [-0.3, -0.25) is 4.79 Å². The number of likely N-dealkylation sites (N-methyl/N-ethyl adjacent to an activating group) is 1. The van der Waals surface area contributed by atoms with Gasteiger partial charge >= 0.3 is 0 Å². The van der Waals surface area contributed by atoms with Crippen LogP contribution < -0.4 is 14.8 Å². The molecule has 1 aromatic carbocycles. The zero-order chi connectivity index (χ0) is 14.4. The van der Waals surface area contributed by atoms with Crippen LogP contribution in [0.15, 0.2) is 18.2 Å². The Morgan fingerprint density at radius 2 is 1.95 bits per heavy atom. The molecule has 0 aromatic heterocycles. The number of rotatable bonds is 6. The van der Waals surface area contributed by atoms with Gasteiger partial charge < -0.3 is 19.7 Å². The number of carbonyl (C=O) groups is 1. The Balaban J connectivity index is 0.00000220. The van der Waals surface area contributed by atoms with Crippen LogP contribution in [-0.4, -0.2) is 50.2 Å². The predicted octanol–water partition coefficient (Wildman–Crippen LogP) is 1.95. The van der Waals surface area contributed by atoms with Gasteiger partial charge in [0.15, 0.2) is 11.5 Å². The van der Waals surface area contributed by atoms with E-state index in [1.807, 2.05) is 12.1 Å². The van der Waals surface area contributed by atoms with Crippen molar-refractivity contribution in [3.8, 4) is 11.5 Å². The van der Waals surface area contributed by atoms with Crippen LogP contribution in [0, 0.1) is 0 Å². The quantitative estimate of drug-likeness (QED) is 0.872. The number of fused-ring (bicyclic) bond motifs is 1. The maximum Gasteiger partial charge on any atom is 0.255 e. The van der Waals surface area contributed by atoms with Crippen molar-refractivity contribution in [3.05, 3.63) is 23.8 Å². The number of hydrogen-bond acceptors (Lipinski definition) is 4. The van der Waals surface area contributed by atoms with E-state index >= 15 is 0 Å². The van der Waals surface area contributed by atoms with Crippen LogP contribution in [0.25, 0.3) is 0 Å². The summed E-state index contributed by atoms with van der Waals surface area (Å²) in [5, 5.41) is 2.93. The highest BCUT2D eigenvalue weighted by molar-refractivity contribution is 5.97. The molecule has 118 valence electrons. The SMILES string of the molecule is CCN(CC)CCNC(=O)c1cccc2c1OCCO2.Cl. The van der Waals surface area contributed by atoms with E-state index in [0.717, 1.165) is 19.6 Å². The van der Waals surface area contributed by atoms with Crippen molar-refractivity contribution in [2.45, 2.75) is 13.8 Å². The Morgan fingerprint density at radius 3 is 2.67 bits per heavy atom. The maximum absolute atomic E-state index is 12.2. The van der Waals surface area contributed by atoms with Gasteiger partial charge in [-0.05, 0) is 25.2 Å². The van der Waals surface area contributed by atoms with Gasteiger partial charge in [-0.15, -0.1) is 12.4 Å². The molecule has 0 bridgehead atoms. The Labute approximate surface area is 132 Å². The predicted molar refractivity (Wildman–Crippen MR) is 84.8 cm³/mol. The number of benzene rings is 1. The topological polar surface area (TPSA) is 50.8 Å². The second-order valence-corrected chi connectivity index (χ2v) is 4.61. The van der Waals surface area contributed by atoms with Crippen molar-refractivity contribution in [2.75, 3.05) is 39.4 Å². The standard InChI is InChI=1S/C15H22N2O3.ClH/c1-3-17(4-2)9-8-16-15(18)12-6-5-7-13-14(12)20-11-10-19-13;/h5-7H,3-4,8-11H2,1-2H3,(H,16,18);1H. The van der Waals surface area contributed by atoms with E-state index in [1.165, 1.54) is 0 Å². The van der Waals surface area contributed by atoms with E-state index in [4.69, 9.17) is 9.47 Å². The molecule has 0 aliphatic carbocycles. The fourth-order valence-electron chi connectivity index (χ4n) is 2.22. The molecule has 1 aromatic rings.